The quantitative estimate of drug-likeness (QED) is 0.766. The molecule has 0 unspecified atom stereocenters. The van der Waals surface area contributed by atoms with E-state index in [1.165, 1.54) is 0 Å². The van der Waals surface area contributed by atoms with Crippen molar-refractivity contribution in [3.8, 4) is 0 Å². The first-order valence-electron chi connectivity index (χ1n) is 5.32. The van der Waals surface area contributed by atoms with Crippen molar-refractivity contribution < 1.29 is 19.1 Å². The highest BCUT2D eigenvalue weighted by Crippen LogP contribution is 1.98. The highest BCUT2D eigenvalue weighted by Gasteiger charge is 2.08. The molecular weight excluding hydrogens is 236 g/mol. The van der Waals surface area contributed by atoms with Crippen molar-refractivity contribution in [3.63, 3.8) is 0 Å². The van der Waals surface area contributed by atoms with Crippen LogP contribution < -0.4 is 5.19 Å². The van der Waals surface area contributed by atoms with Crippen molar-refractivity contribution in [2.75, 3.05) is 0 Å². The van der Waals surface area contributed by atoms with Gasteiger partial charge in [-0.25, -0.2) is 0 Å². The largest absolute Gasteiger partial charge is 0.511 e. The summed E-state index contributed by atoms with van der Waals surface area (Å²) in [7, 11) is -0.00755. The van der Waals surface area contributed by atoms with Crippen molar-refractivity contribution in [2.45, 2.75) is 26.2 Å². The third-order valence-corrected chi connectivity index (χ3v) is 3.30. The van der Waals surface area contributed by atoms with E-state index in [1.54, 1.807) is 0 Å². The van der Waals surface area contributed by atoms with Gasteiger partial charge in [0.1, 0.15) is 0 Å². The Kier molecular flexibility index (Phi) is 5.42. The van der Waals surface area contributed by atoms with Crippen molar-refractivity contribution in [2.24, 2.45) is 0 Å². The molecule has 0 aromatic heterocycles. The Hall–Kier alpha value is -1.62. The van der Waals surface area contributed by atoms with Crippen LogP contribution in [-0.4, -0.2) is 26.8 Å². The van der Waals surface area contributed by atoms with Crippen LogP contribution in [-0.2, 0) is 14.0 Å². The average molecular weight is 250 g/mol. The number of rotatable bonds is 6. The van der Waals surface area contributed by atoms with E-state index >= 15 is 0 Å². The first kappa shape index (κ1) is 13.4. The number of carbonyl (C=O) groups excluding carboxylic acids is 1. The third kappa shape index (κ3) is 5.30. The van der Waals surface area contributed by atoms with E-state index in [0.29, 0.717) is 6.42 Å². The maximum Gasteiger partial charge on any atom is 0.355 e. The smallest absolute Gasteiger partial charge is 0.355 e. The Morgan fingerprint density at radius 3 is 2.65 bits per heavy atom. The van der Waals surface area contributed by atoms with Gasteiger partial charge in [-0.1, -0.05) is 24.3 Å². The second kappa shape index (κ2) is 6.85. The molecule has 0 heterocycles. The normalized spacial score (nSPS) is 9.94. The number of carboxylic acids is 1. The van der Waals surface area contributed by atoms with Crippen LogP contribution in [0, 0.1) is 6.92 Å². The highest BCUT2D eigenvalue weighted by molar-refractivity contribution is 6.49. The maximum atomic E-state index is 11.3. The van der Waals surface area contributed by atoms with Crippen LogP contribution in [0.1, 0.15) is 24.8 Å². The molecule has 0 atom stereocenters. The number of hydrogen-bond donors (Lipinski definition) is 1. The predicted molar refractivity (Wildman–Crippen MR) is 64.1 cm³/mol. The van der Waals surface area contributed by atoms with Gasteiger partial charge in [-0.05, 0) is 24.1 Å². The van der Waals surface area contributed by atoms with E-state index in [1.807, 2.05) is 31.2 Å². The number of benzene rings is 1. The fraction of sp³-hybridized carbons (Fsp3) is 0.333. The molecule has 90 valence electrons. The van der Waals surface area contributed by atoms with E-state index in [4.69, 9.17) is 9.53 Å². The molecule has 0 bridgehead atoms. The van der Waals surface area contributed by atoms with Crippen molar-refractivity contribution in [1.29, 1.82) is 0 Å². The van der Waals surface area contributed by atoms with E-state index < -0.39 is 5.97 Å². The molecule has 0 aliphatic carbocycles. The number of carboxylic acid groups (broad SMARTS) is 1. The summed E-state index contributed by atoms with van der Waals surface area (Å²) in [6.45, 7) is 1.96. The van der Waals surface area contributed by atoms with Gasteiger partial charge in [-0.15, -0.1) is 0 Å². The Morgan fingerprint density at radius 2 is 2.00 bits per heavy atom. The van der Waals surface area contributed by atoms with Gasteiger partial charge in [0.2, 0.25) is 0 Å². The summed E-state index contributed by atoms with van der Waals surface area (Å²) in [5.41, 5.74) is 1.09. The zero-order valence-electron chi connectivity index (χ0n) is 9.60. The van der Waals surface area contributed by atoms with Crippen LogP contribution in [0.5, 0.6) is 0 Å². The molecule has 4 nitrogen and oxygen atoms in total. The Morgan fingerprint density at radius 1 is 1.29 bits per heavy atom. The van der Waals surface area contributed by atoms with Crippen LogP contribution in [0.25, 0.3) is 0 Å². The third-order valence-electron chi connectivity index (χ3n) is 2.19. The van der Waals surface area contributed by atoms with Crippen LogP contribution in [0.15, 0.2) is 24.3 Å². The standard InChI is InChI=1S/C12H14O4Si/c1-9-5-2-3-6-10(9)17-16-12(15)8-4-7-11(13)14/h2-3,5-6H,4,7-8H2,1H3,(H,13,14). The van der Waals surface area contributed by atoms with E-state index in [2.05, 4.69) is 0 Å². The zero-order chi connectivity index (χ0) is 12.7. The molecule has 0 saturated carbocycles. The molecule has 1 aromatic carbocycles. The first-order valence-corrected chi connectivity index (χ1v) is 6.23. The van der Waals surface area contributed by atoms with Gasteiger partial charge in [0, 0.05) is 12.8 Å². The van der Waals surface area contributed by atoms with Crippen molar-refractivity contribution in [3.05, 3.63) is 29.8 Å². The molecule has 17 heavy (non-hydrogen) atoms. The average Bonchev–Trinajstić information content (AvgIpc) is 2.27. The molecule has 0 amide bonds. The fourth-order valence-electron chi connectivity index (χ4n) is 1.23. The summed E-state index contributed by atoms with van der Waals surface area (Å²) in [5, 5.41) is 9.42. The number of aryl methyl sites for hydroxylation is 1. The van der Waals surface area contributed by atoms with Gasteiger partial charge < -0.3 is 9.53 Å². The first-order chi connectivity index (χ1) is 8.09. The van der Waals surface area contributed by atoms with E-state index in [9.17, 15) is 9.59 Å². The van der Waals surface area contributed by atoms with Gasteiger partial charge in [-0.2, -0.15) is 0 Å². The molecule has 0 saturated heterocycles. The van der Waals surface area contributed by atoms with Crippen LogP contribution in [0.4, 0.5) is 0 Å². The molecule has 0 aliphatic heterocycles. The Balaban J connectivity index is 2.29. The van der Waals surface area contributed by atoms with Crippen LogP contribution >= 0.6 is 0 Å². The lowest BCUT2D eigenvalue weighted by molar-refractivity contribution is -0.137. The van der Waals surface area contributed by atoms with Gasteiger partial charge >= 0.3 is 15.7 Å². The molecule has 0 aliphatic rings. The summed E-state index contributed by atoms with van der Waals surface area (Å²) in [5.74, 6) is -1.23. The van der Waals surface area contributed by atoms with Crippen LogP contribution in [0.3, 0.4) is 0 Å². The van der Waals surface area contributed by atoms with Crippen molar-refractivity contribution >= 4 is 26.9 Å². The second-order valence-corrected chi connectivity index (χ2v) is 4.59. The van der Waals surface area contributed by atoms with Crippen molar-refractivity contribution in [1.82, 2.24) is 0 Å². The Bertz CT molecular complexity index is 403. The van der Waals surface area contributed by atoms with Gasteiger partial charge in [0.25, 0.3) is 5.97 Å². The van der Waals surface area contributed by atoms with Crippen LogP contribution in [0.2, 0.25) is 0 Å². The van der Waals surface area contributed by atoms with E-state index in [-0.39, 0.29) is 28.6 Å². The molecule has 1 aromatic rings. The number of aliphatic carboxylic acids is 1. The van der Waals surface area contributed by atoms with Gasteiger partial charge in [0.15, 0.2) is 0 Å². The topological polar surface area (TPSA) is 63.6 Å². The lowest BCUT2D eigenvalue weighted by atomic mass is 10.2. The molecule has 0 spiro atoms. The molecule has 1 N–H and O–H groups in total. The SMILES string of the molecule is Cc1ccccc1[Si]OC(=O)CCCC(=O)O. The minimum atomic E-state index is -0.890. The summed E-state index contributed by atoms with van der Waals surface area (Å²) in [6.07, 6.45) is 0.486. The second-order valence-electron chi connectivity index (χ2n) is 3.64. The minimum Gasteiger partial charge on any atom is -0.511 e. The highest BCUT2D eigenvalue weighted by atomic mass is 28.2. The summed E-state index contributed by atoms with van der Waals surface area (Å²) in [6, 6.07) is 7.70. The lowest BCUT2D eigenvalue weighted by Gasteiger charge is -2.04. The molecule has 5 heteroatoms. The predicted octanol–water partition coefficient (Wildman–Crippen LogP) is 1.04. The summed E-state index contributed by atoms with van der Waals surface area (Å²) >= 11 is 0. The fourth-order valence-corrected chi connectivity index (χ4v) is 1.97. The maximum absolute atomic E-state index is 11.3. The van der Waals surface area contributed by atoms with Gasteiger partial charge in [0.05, 0.1) is 0 Å². The lowest BCUT2D eigenvalue weighted by Crippen LogP contribution is -2.23. The Labute approximate surface area is 103 Å². The number of carbonyl (C=O) groups is 2. The number of hydrogen-bond acceptors (Lipinski definition) is 3. The minimum absolute atomic E-state index is 0.00256. The molecule has 0 fully saturated rings. The molecular formula is C12H14O4Si. The summed E-state index contributed by atoms with van der Waals surface area (Å²) < 4.78 is 5.09. The monoisotopic (exact) mass is 250 g/mol. The summed E-state index contributed by atoms with van der Waals surface area (Å²) in [4.78, 5) is 21.6. The van der Waals surface area contributed by atoms with E-state index in [0.717, 1.165) is 10.8 Å². The molecule has 1 rings (SSSR count). The zero-order valence-corrected chi connectivity index (χ0v) is 10.6. The molecule has 2 radical (unpaired) electrons. The van der Waals surface area contributed by atoms with Gasteiger partial charge in [-0.3, -0.25) is 9.59 Å².